The minimum Gasteiger partial charge on any atom is -0.382 e. The van der Waals surface area contributed by atoms with Crippen LogP contribution in [0.5, 0.6) is 0 Å². The van der Waals surface area contributed by atoms with Gasteiger partial charge in [0.1, 0.15) is 5.82 Å². The molecule has 1 aliphatic heterocycles. The van der Waals surface area contributed by atoms with Gasteiger partial charge in [-0.2, -0.15) is 4.98 Å². The maximum Gasteiger partial charge on any atom is 0.222 e. The zero-order valence-corrected chi connectivity index (χ0v) is 16.2. The van der Waals surface area contributed by atoms with Crippen LogP contribution in [0.15, 0.2) is 6.07 Å². The van der Waals surface area contributed by atoms with E-state index in [0.29, 0.717) is 37.2 Å². The summed E-state index contributed by atoms with van der Waals surface area (Å²) in [7, 11) is 1.69. The molecule has 0 amide bonds. The molecule has 25 heavy (non-hydrogen) atoms. The van der Waals surface area contributed by atoms with Gasteiger partial charge in [-0.1, -0.05) is 0 Å². The smallest absolute Gasteiger partial charge is 0.222 e. The Kier molecular flexibility index (Phi) is 9.16. The topological polar surface area (TPSA) is 99.5 Å². The lowest BCUT2D eigenvalue weighted by Gasteiger charge is -2.35. The Morgan fingerprint density at radius 3 is 2.44 bits per heavy atom. The van der Waals surface area contributed by atoms with Crippen LogP contribution in [0.4, 0.5) is 11.8 Å². The van der Waals surface area contributed by atoms with E-state index in [-0.39, 0.29) is 24.8 Å². The van der Waals surface area contributed by atoms with Crippen molar-refractivity contribution in [3.63, 3.8) is 0 Å². The highest BCUT2D eigenvalue weighted by Crippen LogP contribution is 2.36. The second-order valence-corrected chi connectivity index (χ2v) is 6.49. The van der Waals surface area contributed by atoms with Crippen molar-refractivity contribution in [1.82, 2.24) is 9.97 Å². The quantitative estimate of drug-likeness (QED) is 0.709. The van der Waals surface area contributed by atoms with Gasteiger partial charge < -0.3 is 25.8 Å². The molecule has 0 spiro atoms. The summed E-state index contributed by atoms with van der Waals surface area (Å²) in [6.45, 7) is 3.17. The van der Waals surface area contributed by atoms with Gasteiger partial charge in [-0.15, -0.1) is 24.8 Å². The lowest BCUT2D eigenvalue weighted by Crippen LogP contribution is -2.38. The van der Waals surface area contributed by atoms with Crippen molar-refractivity contribution in [3.8, 4) is 0 Å². The Morgan fingerprint density at radius 2 is 1.84 bits per heavy atom. The molecular weight excluding hydrogens is 365 g/mol. The van der Waals surface area contributed by atoms with Crippen LogP contribution in [0.25, 0.3) is 0 Å². The van der Waals surface area contributed by atoms with Gasteiger partial charge in [-0.25, -0.2) is 4.98 Å². The van der Waals surface area contributed by atoms with Crippen LogP contribution in [0.1, 0.15) is 37.3 Å². The van der Waals surface area contributed by atoms with Gasteiger partial charge in [0.15, 0.2) is 0 Å². The molecule has 9 heteroatoms. The molecule has 1 aromatic heterocycles. The van der Waals surface area contributed by atoms with Crippen molar-refractivity contribution in [3.05, 3.63) is 11.8 Å². The van der Waals surface area contributed by atoms with Gasteiger partial charge in [-0.3, -0.25) is 0 Å². The summed E-state index contributed by atoms with van der Waals surface area (Å²) in [6, 6.07) is 2.39. The lowest BCUT2D eigenvalue weighted by atomic mass is 9.78. The SMILES string of the molecule is COCCOC1CCN(c2cc(C3CC(N)C3)nc(N)n2)CC1.Cl.Cl. The maximum absolute atomic E-state index is 5.91. The fraction of sp³-hybridized carbons (Fsp3) is 0.750. The summed E-state index contributed by atoms with van der Waals surface area (Å²) in [4.78, 5) is 11.1. The number of aromatic nitrogens is 2. The number of hydrogen-bond donors (Lipinski definition) is 2. The number of piperidine rings is 1. The number of methoxy groups -OCH3 is 1. The number of rotatable bonds is 6. The fourth-order valence-corrected chi connectivity index (χ4v) is 3.30. The highest BCUT2D eigenvalue weighted by molar-refractivity contribution is 5.85. The molecule has 0 atom stereocenters. The molecule has 2 aliphatic rings. The molecule has 2 heterocycles. The van der Waals surface area contributed by atoms with Gasteiger partial charge in [0.2, 0.25) is 5.95 Å². The highest BCUT2D eigenvalue weighted by Gasteiger charge is 2.30. The first-order valence-corrected chi connectivity index (χ1v) is 8.41. The molecule has 3 rings (SSSR count). The van der Waals surface area contributed by atoms with Gasteiger partial charge in [0.05, 0.1) is 25.0 Å². The van der Waals surface area contributed by atoms with E-state index in [9.17, 15) is 0 Å². The van der Waals surface area contributed by atoms with Crippen LogP contribution in [0.2, 0.25) is 0 Å². The van der Waals surface area contributed by atoms with E-state index in [2.05, 4.69) is 20.9 Å². The van der Waals surface area contributed by atoms with E-state index in [1.165, 1.54) is 0 Å². The third kappa shape index (κ3) is 5.82. The molecule has 0 aromatic carbocycles. The first kappa shape index (κ1) is 22.2. The Morgan fingerprint density at radius 1 is 1.16 bits per heavy atom. The van der Waals surface area contributed by atoms with E-state index < -0.39 is 0 Å². The third-order valence-corrected chi connectivity index (χ3v) is 4.75. The molecule has 1 aromatic rings. The standard InChI is InChI=1S/C16H27N5O2.2ClH/c1-22-6-7-23-13-2-4-21(5-3-13)15-10-14(19-16(18)20-15)11-8-12(17)9-11;;/h10-13H,2-9,17H2,1H3,(H2,18,19,20);2*1H. The molecule has 1 saturated carbocycles. The summed E-state index contributed by atoms with van der Waals surface area (Å²) in [6.07, 6.45) is 4.29. The summed E-state index contributed by atoms with van der Waals surface area (Å²) < 4.78 is 10.8. The molecule has 0 unspecified atom stereocenters. The summed E-state index contributed by atoms with van der Waals surface area (Å²) in [5.41, 5.74) is 12.8. The number of hydrogen-bond acceptors (Lipinski definition) is 7. The molecule has 2 fully saturated rings. The van der Waals surface area contributed by atoms with Gasteiger partial charge in [0.25, 0.3) is 0 Å². The van der Waals surface area contributed by atoms with Crippen molar-refractivity contribution < 1.29 is 9.47 Å². The predicted octanol–water partition coefficient (Wildman–Crippen LogP) is 1.74. The monoisotopic (exact) mass is 393 g/mol. The Bertz CT molecular complexity index is 523. The van der Waals surface area contributed by atoms with Crippen molar-refractivity contribution >= 4 is 36.6 Å². The van der Waals surface area contributed by atoms with E-state index in [0.717, 1.165) is 50.3 Å². The molecule has 4 N–H and O–H groups in total. The van der Waals surface area contributed by atoms with Crippen LogP contribution < -0.4 is 16.4 Å². The molecule has 0 radical (unpaired) electrons. The first-order valence-electron chi connectivity index (χ1n) is 8.41. The fourth-order valence-electron chi connectivity index (χ4n) is 3.30. The zero-order valence-electron chi connectivity index (χ0n) is 14.6. The first-order chi connectivity index (χ1) is 11.2. The van der Waals surface area contributed by atoms with Crippen LogP contribution in [0, 0.1) is 0 Å². The van der Waals surface area contributed by atoms with Crippen LogP contribution in [-0.4, -0.2) is 55.5 Å². The number of nitrogens with two attached hydrogens (primary N) is 2. The van der Waals surface area contributed by atoms with E-state index in [4.69, 9.17) is 20.9 Å². The minimum absolute atomic E-state index is 0. The number of nitrogens with zero attached hydrogens (tertiary/aromatic N) is 3. The summed E-state index contributed by atoms with van der Waals surface area (Å²) in [5.74, 6) is 1.73. The number of anilines is 2. The average Bonchev–Trinajstić information content (AvgIpc) is 2.52. The van der Waals surface area contributed by atoms with E-state index in [1.54, 1.807) is 7.11 Å². The number of ether oxygens (including phenoxy) is 2. The van der Waals surface area contributed by atoms with Crippen molar-refractivity contribution in [1.29, 1.82) is 0 Å². The lowest BCUT2D eigenvalue weighted by molar-refractivity contribution is 0.00604. The summed E-state index contributed by atoms with van der Waals surface area (Å²) >= 11 is 0. The second kappa shape index (κ2) is 10.3. The maximum atomic E-state index is 5.91. The van der Waals surface area contributed by atoms with Gasteiger partial charge in [0, 0.05) is 38.2 Å². The zero-order chi connectivity index (χ0) is 16.2. The molecule has 1 saturated heterocycles. The summed E-state index contributed by atoms with van der Waals surface area (Å²) in [5, 5.41) is 0. The second-order valence-electron chi connectivity index (χ2n) is 6.49. The van der Waals surface area contributed by atoms with Crippen LogP contribution in [0.3, 0.4) is 0 Å². The molecule has 7 nitrogen and oxygen atoms in total. The number of nitrogen functional groups attached to an aromatic ring is 1. The van der Waals surface area contributed by atoms with Crippen molar-refractivity contribution in [2.45, 2.75) is 43.7 Å². The molecule has 1 aliphatic carbocycles. The molecular formula is C16H29Cl2N5O2. The number of halogens is 2. The third-order valence-electron chi connectivity index (χ3n) is 4.75. The highest BCUT2D eigenvalue weighted by atomic mass is 35.5. The minimum atomic E-state index is 0. The average molecular weight is 394 g/mol. The Balaban J connectivity index is 0.00000156. The normalized spacial score (nSPS) is 23.4. The molecule has 144 valence electrons. The van der Waals surface area contributed by atoms with E-state index >= 15 is 0 Å². The van der Waals surface area contributed by atoms with Gasteiger partial charge in [-0.05, 0) is 25.7 Å². The van der Waals surface area contributed by atoms with Crippen molar-refractivity contribution in [2.24, 2.45) is 5.73 Å². The van der Waals surface area contributed by atoms with Crippen LogP contribution >= 0.6 is 24.8 Å². The van der Waals surface area contributed by atoms with Crippen LogP contribution in [-0.2, 0) is 9.47 Å². The van der Waals surface area contributed by atoms with Gasteiger partial charge >= 0.3 is 0 Å². The van der Waals surface area contributed by atoms with Crippen molar-refractivity contribution in [2.75, 3.05) is 44.0 Å². The molecule has 0 bridgehead atoms. The van der Waals surface area contributed by atoms with E-state index in [1.807, 2.05) is 0 Å². The Hall–Kier alpha value is -0.860. The Labute approximate surface area is 161 Å². The largest absolute Gasteiger partial charge is 0.382 e. The predicted molar refractivity (Wildman–Crippen MR) is 104 cm³/mol.